The molecule has 2 saturated heterocycles. The molecular weight excluding hydrogens is 306 g/mol. The molecule has 0 bridgehead atoms. The number of benzene rings is 1. The normalized spacial score (nSPS) is 21.2. The summed E-state index contributed by atoms with van der Waals surface area (Å²) in [7, 11) is -3.24. The van der Waals surface area contributed by atoms with Gasteiger partial charge in [-0.2, -0.15) is 0 Å². The molecule has 0 atom stereocenters. The Kier molecular flexibility index (Phi) is 3.96. The zero-order valence-electron chi connectivity index (χ0n) is 12.4. The number of hydrogen-bond donors (Lipinski definition) is 0. The Bertz CT molecular complexity index is 652. The van der Waals surface area contributed by atoms with Crippen molar-refractivity contribution in [3.05, 3.63) is 29.8 Å². The first-order valence-corrected chi connectivity index (χ1v) is 9.16. The molecule has 0 N–H and O–H groups in total. The number of likely N-dealkylation sites (tertiary alicyclic amines) is 1. The summed E-state index contributed by atoms with van der Waals surface area (Å²) in [5.74, 6) is -0.593. The lowest BCUT2D eigenvalue weighted by molar-refractivity contribution is -0.181. The second-order valence-electron chi connectivity index (χ2n) is 5.70. The van der Waals surface area contributed by atoms with Crippen molar-refractivity contribution in [1.29, 1.82) is 0 Å². The molecule has 7 heteroatoms. The van der Waals surface area contributed by atoms with E-state index < -0.39 is 15.6 Å². The van der Waals surface area contributed by atoms with Gasteiger partial charge in [-0.15, -0.1) is 0 Å². The van der Waals surface area contributed by atoms with Gasteiger partial charge in [0.25, 0.3) is 5.91 Å². The lowest BCUT2D eigenvalue weighted by atomic mass is 10.0. The summed E-state index contributed by atoms with van der Waals surface area (Å²) in [5, 5.41) is 0. The number of hydrogen-bond acceptors (Lipinski definition) is 5. The van der Waals surface area contributed by atoms with Crippen LogP contribution < -0.4 is 0 Å². The number of carbonyl (C=O) groups is 1. The largest absolute Gasteiger partial charge is 0.347 e. The highest BCUT2D eigenvalue weighted by atomic mass is 32.2. The van der Waals surface area contributed by atoms with E-state index in [0.717, 1.165) is 6.26 Å². The van der Waals surface area contributed by atoms with Gasteiger partial charge >= 0.3 is 0 Å². The number of piperidine rings is 1. The standard InChI is InChI=1S/C15H19NO5S/c1-22(18,19)13-4-2-12(3-5-13)14(17)16-8-6-15(7-9-16)20-10-11-21-15/h2-5H,6-11H2,1H3. The lowest BCUT2D eigenvalue weighted by Crippen LogP contribution is -2.47. The van der Waals surface area contributed by atoms with E-state index in [1.165, 1.54) is 12.1 Å². The van der Waals surface area contributed by atoms with Crippen molar-refractivity contribution in [2.75, 3.05) is 32.6 Å². The van der Waals surface area contributed by atoms with Gasteiger partial charge in [-0.3, -0.25) is 4.79 Å². The van der Waals surface area contributed by atoms with Gasteiger partial charge in [0.05, 0.1) is 18.1 Å². The van der Waals surface area contributed by atoms with E-state index in [1.807, 2.05) is 0 Å². The molecule has 2 heterocycles. The average molecular weight is 325 g/mol. The van der Waals surface area contributed by atoms with Crippen molar-refractivity contribution in [3.8, 4) is 0 Å². The molecule has 0 unspecified atom stereocenters. The van der Waals surface area contributed by atoms with Gasteiger partial charge in [0.15, 0.2) is 15.6 Å². The molecule has 3 rings (SSSR count). The fourth-order valence-electron chi connectivity index (χ4n) is 2.86. The zero-order valence-corrected chi connectivity index (χ0v) is 13.3. The van der Waals surface area contributed by atoms with Gasteiger partial charge in [-0.25, -0.2) is 8.42 Å². The van der Waals surface area contributed by atoms with Crippen molar-refractivity contribution < 1.29 is 22.7 Å². The van der Waals surface area contributed by atoms with Crippen molar-refractivity contribution in [1.82, 2.24) is 4.90 Å². The van der Waals surface area contributed by atoms with Crippen LogP contribution in [0.2, 0.25) is 0 Å². The van der Waals surface area contributed by atoms with Crippen LogP contribution in [-0.2, 0) is 19.3 Å². The first kappa shape index (κ1) is 15.5. The van der Waals surface area contributed by atoms with E-state index in [0.29, 0.717) is 44.7 Å². The van der Waals surface area contributed by atoms with Gasteiger partial charge in [0, 0.05) is 37.8 Å². The van der Waals surface area contributed by atoms with Gasteiger partial charge < -0.3 is 14.4 Å². The number of nitrogens with zero attached hydrogens (tertiary/aromatic N) is 1. The molecule has 0 radical (unpaired) electrons. The summed E-state index contributed by atoms with van der Waals surface area (Å²) in [6.07, 6.45) is 2.48. The van der Waals surface area contributed by atoms with Gasteiger partial charge in [0.2, 0.25) is 0 Å². The predicted octanol–water partition coefficient (Wildman–Crippen LogP) is 1.07. The van der Waals surface area contributed by atoms with E-state index >= 15 is 0 Å². The number of sulfone groups is 1. The Hall–Kier alpha value is -1.44. The van der Waals surface area contributed by atoms with Gasteiger partial charge in [-0.05, 0) is 24.3 Å². The summed E-state index contributed by atoms with van der Waals surface area (Å²) >= 11 is 0. The Balaban J connectivity index is 1.67. The Morgan fingerprint density at radius 2 is 1.64 bits per heavy atom. The third-order valence-corrected chi connectivity index (χ3v) is 5.28. The summed E-state index contributed by atoms with van der Waals surface area (Å²) in [5.41, 5.74) is 0.497. The molecule has 0 aliphatic carbocycles. The van der Waals surface area contributed by atoms with Crippen LogP contribution in [0.15, 0.2) is 29.2 Å². The van der Waals surface area contributed by atoms with Crippen molar-refractivity contribution in [2.45, 2.75) is 23.5 Å². The Morgan fingerprint density at radius 1 is 1.09 bits per heavy atom. The molecule has 2 aliphatic heterocycles. The molecule has 2 aliphatic rings. The maximum Gasteiger partial charge on any atom is 0.253 e. The first-order chi connectivity index (χ1) is 10.4. The Labute approximate surface area is 129 Å². The summed E-state index contributed by atoms with van der Waals surface area (Å²) in [6.45, 7) is 2.38. The molecule has 0 aromatic heterocycles. The second-order valence-corrected chi connectivity index (χ2v) is 7.71. The number of amides is 1. The molecule has 22 heavy (non-hydrogen) atoms. The molecule has 1 aromatic carbocycles. The lowest BCUT2D eigenvalue weighted by Gasteiger charge is -2.37. The van der Waals surface area contributed by atoms with E-state index in [2.05, 4.69) is 0 Å². The van der Waals surface area contributed by atoms with E-state index in [-0.39, 0.29) is 10.8 Å². The topological polar surface area (TPSA) is 72.9 Å². The van der Waals surface area contributed by atoms with Crippen LogP contribution in [0, 0.1) is 0 Å². The van der Waals surface area contributed by atoms with Crippen LogP contribution in [0.5, 0.6) is 0 Å². The minimum absolute atomic E-state index is 0.0899. The van der Waals surface area contributed by atoms with E-state index in [4.69, 9.17) is 9.47 Å². The van der Waals surface area contributed by atoms with Crippen molar-refractivity contribution >= 4 is 15.7 Å². The molecule has 1 aromatic rings. The zero-order chi connectivity index (χ0) is 15.8. The highest BCUT2D eigenvalue weighted by molar-refractivity contribution is 7.90. The third-order valence-electron chi connectivity index (χ3n) is 4.16. The highest BCUT2D eigenvalue weighted by Crippen LogP contribution is 2.31. The molecule has 1 amide bonds. The number of carbonyl (C=O) groups excluding carboxylic acids is 1. The number of rotatable bonds is 2. The molecule has 6 nitrogen and oxygen atoms in total. The van der Waals surface area contributed by atoms with Crippen LogP contribution in [0.3, 0.4) is 0 Å². The molecular formula is C15H19NO5S. The molecule has 1 spiro atoms. The van der Waals surface area contributed by atoms with Crippen molar-refractivity contribution in [3.63, 3.8) is 0 Å². The van der Waals surface area contributed by atoms with Crippen LogP contribution in [-0.4, -0.2) is 57.6 Å². The van der Waals surface area contributed by atoms with Crippen LogP contribution in [0.4, 0.5) is 0 Å². The predicted molar refractivity (Wildman–Crippen MR) is 79.3 cm³/mol. The van der Waals surface area contributed by atoms with Crippen LogP contribution in [0.1, 0.15) is 23.2 Å². The number of ether oxygens (including phenoxy) is 2. The van der Waals surface area contributed by atoms with E-state index in [1.54, 1.807) is 17.0 Å². The second kappa shape index (κ2) is 5.64. The maximum absolute atomic E-state index is 12.5. The molecule has 0 saturated carbocycles. The monoisotopic (exact) mass is 325 g/mol. The van der Waals surface area contributed by atoms with Crippen LogP contribution >= 0.6 is 0 Å². The fraction of sp³-hybridized carbons (Fsp3) is 0.533. The molecule has 120 valence electrons. The SMILES string of the molecule is CS(=O)(=O)c1ccc(C(=O)N2CCC3(CC2)OCCO3)cc1. The molecule has 2 fully saturated rings. The Morgan fingerprint density at radius 3 is 2.14 bits per heavy atom. The highest BCUT2D eigenvalue weighted by Gasteiger charge is 2.40. The first-order valence-electron chi connectivity index (χ1n) is 7.27. The summed E-state index contributed by atoms with van der Waals surface area (Å²) in [4.78, 5) is 14.4. The summed E-state index contributed by atoms with van der Waals surface area (Å²) < 4.78 is 34.2. The van der Waals surface area contributed by atoms with E-state index in [9.17, 15) is 13.2 Å². The maximum atomic E-state index is 12.5. The quantitative estimate of drug-likeness (QED) is 0.813. The van der Waals surface area contributed by atoms with Crippen molar-refractivity contribution in [2.24, 2.45) is 0 Å². The van der Waals surface area contributed by atoms with Gasteiger partial charge in [-0.1, -0.05) is 0 Å². The third kappa shape index (κ3) is 3.02. The smallest absolute Gasteiger partial charge is 0.253 e. The van der Waals surface area contributed by atoms with Gasteiger partial charge in [0.1, 0.15) is 0 Å². The minimum Gasteiger partial charge on any atom is -0.347 e. The minimum atomic E-state index is -3.24. The fourth-order valence-corrected chi connectivity index (χ4v) is 3.49. The average Bonchev–Trinajstić information content (AvgIpc) is 2.95. The van der Waals surface area contributed by atoms with Crippen LogP contribution in [0.25, 0.3) is 0 Å². The summed E-state index contributed by atoms with van der Waals surface area (Å²) in [6, 6.07) is 6.06.